The number of benzene rings is 1. The topological polar surface area (TPSA) is 85.2 Å². The number of carbonyl (C=O) groups is 1. The molecule has 0 bridgehead atoms. The molecule has 1 aliphatic heterocycles. The quantitative estimate of drug-likeness (QED) is 0.882. The maximum atomic E-state index is 12.9. The first-order valence-electron chi connectivity index (χ1n) is 5.78. The molecule has 0 unspecified atom stereocenters. The summed E-state index contributed by atoms with van der Waals surface area (Å²) < 4.78 is 18.0. The molecule has 1 atom stereocenters. The van der Waals surface area contributed by atoms with Gasteiger partial charge in [0.1, 0.15) is 5.82 Å². The lowest BCUT2D eigenvalue weighted by atomic mass is 10.1. The minimum absolute atomic E-state index is 0.0114. The lowest BCUT2D eigenvalue weighted by molar-refractivity contribution is -0.117. The van der Waals surface area contributed by atoms with Gasteiger partial charge in [0.25, 0.3) is 0 Å². The Morgan fingerprint density at radius 1 is 1.32 bits per heavy atom. The van der Waals surface area contributed by atoms with E-state index in [1.807, 2.05) is 0 Å². The van der Waals surface area contributed by atoms with Gasteiger partial charge in [-0.1, -0.05) is 5.10 Å². The Balaban J connectivity index is 1.82. The normalized spacial score (nSPS) is 19.1. The zero-order chi connectivity index (χ0) is 13.4. The van der Waals surface area contributed by atoms with Crippen molar-refractivity contribution in [1.29, 1.82) is 0 Å². The maximum absolute atomic E-state index is 12.9. The molecule has 98 valence electrons. The summed E-state index contributed by atoms with van der Waals surface area (Å²) >= 11 is 0. The van der Waals surface area contributed by atoms with Crippen LogP contribution in [0.15, 0.2) is 28.7 Å². The molecule has 0 radical (unpaired) electrons. The van der Waals surface area contributed by atoms with E-state index in [1.165, 1.54) is 12.1 Å². The van der Waals surface area contributed by atoms with E-state index in [2.05, 4.69) is 10.2 Å². The third kappa shape index (κ3) is 2.14. The van der Waals surface area contributed by atoms with Crippen LogP contribution in [0.1, 0.15) is 18.2 Å². The third-order valence-corrected chi connectivity index (χ3v) is 3.07. The average Bonchev–Trinajstić information content (AvgIpc) is 2.97. The molecule has 1 fully saturated rings. The van der Waals surface area contributed by atoms with Crippen molar-refractivity contribution in [3.05, 3.63) is 36.0 Å². The molecule has 0 saturated carbocycles. The number of hydrogen-bond donors (Lipinski definition) is 1. The van der Waals surface area contributed by atoms with E-state index in [0.717, 1.165) is 0 Å². The second-order valence-corrected chi connectivity index (χ2v) is 4.36. The second-order valence-electron chi connectivity index (χ2n) is 4.36. The van der Waals surface area contributed by atoms with Crippen LogP contribution in [0.5, 0.6) is 0 Å². The number of nitrogens with zero attached hydrogens (tertiary/aromatic N) is 3. The fourth-order valence-corrected chi connectivity index (χ4v) is 2.16. The van der Waals surface area contributed by atoms with E-state index in [0.29, 0.717) is 18.1 Å². The third-order valence-electron chi connectivity index (χ3n) is 3.07. The molecule has 1 aromatic heterocycles. The van der Waals surface area contributed by atoms with Crippen LogP contribution in [0.4, 0.5) is 16.1 Å². The van der Waals surface area contributed by atoms with Gasteiger partial charge in [0.15, 0.2) is 0 Å². The van der Waals surface area contributed by atoms with Gasteiger partial charge in [0.05, 0.1) is 5.92 Å². The van der Waals surface area contributed by atoms with Crippen LogP contribution in [-0.2, 0) is 4.79 Å². The Kier molecular flexibility index (Phi) is 2.66. The average molecular weight is 262 g/mol. The van der Waals surface area contributed by atoms with Crippen molar-refractivity contribution in [3.63, 3.8) is 0 Å². The van der Waals surface area contributed by atoms with Crippen LogP contribution >= 0.6 is 0 Å². The number of halogens is 1. The van der Waals surface area contributed by atoms with Crippen LogP contribution in [-0.4, -0.2) is 22.6 Å². The summed E-state index contributed by atoms with van der Waals surface area (Å²) in [6, 6.07) is 5.76. The van der Waals surface area contributed by atoms with E-state index in [1.54, 1.807) is 17.0 Å². The zero-order valence-corrected chi connectivity index (χ0v) is 9.91. The Bertz CT molecular complexity index is 610. The summed E-state index contributed by atoms with van der Waals surface area (Å²) in [5, 5.41) is 7.37. The molecule has 19 heavy (non-hydrogen) atoms. The molecule has 2 heterocycles. The van der Waals surface area contributed by atoms with Crippen LogP contribution in [0, 0.1) is 5.82 Å². The Hall–Kier alpha value is -2.44. The number of nitrogen functional groups attached to an aromatic ring is 1. The molecule has 0 spiro atoms. The zero-order valence-electron chi connectivity index (χ0n) is 9.91. The first-order chi connectivity index (χ1) is 9.13. The first-order valence-corrected chi connectivity index (χ1v) is 5.78. The number of aromatic nitrogens is 2. The summed E-state index contributed by atoms with van der Waals surface area (Å²) in [5.41, 5.74) is 6.02. The van der Waals surface area contributed by atoms with Crippen molar-refractivity contribution in [2.24, 2.45) is 0 Å². The minimum Gasteiger partial charge on any atom is -0.408 e. The Morgan fingerprint density at radius 2 is 2.05 bits per heavy atom. The van der Waals surface area contributed by atoms with E-state index in [9.17, 15) is 9.18 Å². The summed E-state index contributed by atoms with van der Waals surface area (Å²) in [4.78, 5) is 13.5. The van der Waals surface area contributed by atoms with E-state index in [-0.39, 0.29) is 30.1 Å². The minimum atomic E-state index is -0.336. The highest BCUT2D eigenvalue weighted by Crippen LogP contribution is 2.31. The largest absolute Gasteiger partial charge is 0.408 e. The highest BCUT2D eigenvalue weighted by molar-refractivity contribution is 5.96. The van der Waals surface area contributed by atoms with Crippen LogP contribution in [0.3, 0.4) is 0 Å². The summed E-state index contributed by atoms with van der Waals surface area (Å²) in [6.45, 7) is 0.423. The molecule has 2 N–H and O–H groups in total. The van der Waals surface area contributed by atoms with Crippen LogP contribution < -0.4 is 10.6 Å². The van der Waals surface area contributed by atoms with Crippen molar-refractivity contribution >= 4 is 17.6 Å². The van der Waals surface area contributed by atoms with Gasteiger partial charge in [-0.25, -0.2) is 4.39 Å². The smallest absolute Gasteiger partial charge is 0.312 e. The van der Waals surface area contributed by atoms with E-state index >= 15 is 0 Å². The number of amides is 1. The van der Waals surface area contributed by atoms with E-state index < -0.39 is 0 Å². The van der Waals surface area contributed by atoms with Gasteiger partial charge in [0, 0.05) is 18.7 Å². The molecule has 2 aromatic rings. The lowest BCUT2D eigenvalue weighted by Gasteiger charge is -2.15. The van der Waals surface area contributed by atoms with Crippen molar-refractivity contribution in [3.8, 4) is 0 Å². The van der Waals surface area contributed by atoms with Crippen molar-refractivity contribution < 1.29 is 13.6 Å². The molecule has 1 aromatic carbocycles. The standard InChI is InChI=1S/C12H11FN4O2/c13-8-1-3-9(4-2-8)17-6-7(5-10(17)18)11-15-16-12(14)19-11/h1-4,7H,5-6H2,(H2,14,16)/t7-/m0/s1. The maximum Gasteiger partial charge on any atom is 0.312 e. The molecule has 1 saturated heterocycles. The van der Waals surface area contributed by atoms with Gasteiger partial charge < -0.3 is 15.1 Å². The second kappa shape index (κ2) is 4.34. The number of rotatable bonds is 2. The van der Waals surface area contributed by atoms with Crippen molar-refractivity contribution in [2.45, 2.75) is 12.3 Å². The van der Waals surface area contributed by atoms with Crippen molar-refractivity contribution in [2.75, 3.05) is 17.2 Å². The summed E-state index contributed by atoms with van der Waals surface area (Å²) in [7, 11) is 0. The highest BCUT2D eigenvalue weighted by Gasteiger charge is 2.34. The van der Waals surface area contributed by atoms with Gasteiger partial charge >= 0.3 is 6.01 Å². The number of carbonyl (C=O) groups excluding carboxylic acids is 1. The molecule has 7 heteroatoms. The molecular formula is C12H11FN4O2. The van der Waals surface area contributed by atoms with Crippen molar-refractivity contribution in [1.82, 2.24) is 10.2 Å². The highest BCUT2D eigenvalue weighted by atomic mass is 19.1. The van der Waals surface area contributed by atoms with Gasteiger partial charge in [-0.15, -0.1) is 5.10 Å². The molecular weight excluding hydrogens is 251 g/mol. The Labute approximate surface area is 108 Å². The monoisotopic (exact) mass is 262 g/mol. The lowest BCUT2D eigenvalue weighted by Crippen LogP contribution is -2.24. The predicted octanol–water partition coefficient (Wildman–Crippen LogP) is 1.31. The molecule has 1 aliphatic rings. The molecule has 0 aliphatic carbocycles. The van der Waals surface area contributed by atoms with Crippen LogP contribution in [0.2, 0.25) is 0 Å². The van der Waals surface area contributed by atoms with Gasteiger partial charge in [-0.05, 0) is 24.3 Å². The predicted molar refractivity (Wildman–Crippen MR) is 64.8 cm³/mol. The Morgan fingerprint density at radius 3 is 2.68 bits per heavy atom. The van der Waals surface area contributed by atoms with Crippen LogP contribution in [0.25, 0.3) is 0 Å². The molecule has 1 amide bonds. The number of anilines is 2. The number of nitrogens with two attached hydrogens (primary N) is 1. The number of hydrogen-bond acceptors (Lipinski definition) is 5. The van der Waals surface area contributed by atoms with Gasteiger partial charge in [-0.3, -0.25) is 4.79 Å². The fraction of sp³-hybridized carbons (Fsp3) is 0.250. The van der Waals surface area contributed by atoms with Gasteiger partial charge in [0.2, 0.25) is 11.8 Å². The summed E-state index contributed by atoms with van der Waals surface area (Å²) in [6.07, 6.45) is 0.277. The first kappa shape index (κ1) is 11.6. The fourth-order valence-electron chi connectivity index (χ4n) is 2.16. The van der Waals surface area contributed by atoms with E-state index in [4.69, 9.17) is 10.2 Å². The SMILES string of the molecule is Nc1nnc([C@H]2CC(=O)N(c3ccc(F)cc3)C2)o1. The van der Waals surface area contributed by atoms with Gasteiger partial charge in [-0.2, -0.15) is 0 Å². The molecule has 6 nitrogen and oxygen atoms in total. The molecule has 3 rings (SSSR count). The summed E-state index contributed by atoms with van der Waals surface area (Å²) in [5.74, 6) is -0.220.